The molecule has 1 unspecified atom stereocenters. The molecule has 1 fully saturated rings. The molecule has 2 heterocycles. The third kappa shape index (κ3) is 2.68. The molecule has 5 heteroatoms. The summed E-state index contributed by atoms with van der Waals surface area (Å²) >= 11 is 1.64. The zero-order valence-corrected chi connectivity index (χ0v) is 10.8. The Morgan fingerprint density at radius 1 is 1.28 bits per heavy atom. The molecule has 0 bridgehead atoms. The minimum atomic E-state index is 0.396. The number of rotatable bonds is 4. The predicted molar refractivity (Wildman–Crippen MR) is 70.7 cm³/mol. The molecule has 1 atom stereocenters. The second kappa shape index (κ2) is 5.46. The van der Waals surface area contributed by atoms with Gasteiger partial charge < -0.3 is 10.1 Å². The SMILES string of the molecule is c1ccc(OCc2nnc(C3CCCN3)s2)cc1. The van der Waals surface area contributed by atoms with E-state index in [2.05, 4.69) is 15.5 Å². The number of nitrogens with one attached hydrogen (secondary N) is 1. The molecular weight excluding hydrogens is 246 g/mol. The van der Waals surface area contributed by atoms with Crippen molar-refractivity contribution in [1.82, 2.24) is 15.5 Å². The van der Waals surface area contributed by atoms with Gasteiger partial charge in [0.25, 0.3) is 0 Å². The second-order valence-electron chi connectivity index (χ2n) is 4.28. The van der Waals surface area contributed by atoms with Gasteiger partial charge in [0, 0.05) is 0 Å². The highest BCUT2D eigenvalue weighted by molar-refractivity contribution is 7.11. The van der Waals surface area contributed by atoms with Crippen LogP contribution < -0.4 is 10.1 Å². The molecule has 4 nitrogen and oxygen atoms in total. The van der Waals surface area contributed by atoms with Gasteiger partial charge in [-0.3, -0.25) is 0 Å². The summed E-state index contributed by atoms with van der Waals surface area (Å²) in [6.07, 6.45) is 2.38. The lowest BCUT2D eigenvalue weighted by Gasteiger charge is -2.03. The Kier molecular flexibility index (Phi) is 3.52. The molecule has 1 saturated heterocycles. The van der Waals surface area contributed by atoms with Crippen molar-refractivity contribution in [2.75, 3.05) is 6.54 Å². The molecule has 1 N–H and O–H groups in total. The van der Waals surface area contributed by atoms with E-state index in [9.17, 15) is 0 Å². The number of ether oxygens (including phenoxy) is 1. The summed E-state index contributed by atoms with van der Waals surface area (Å²) in [7, 11) is 0. The Morgan fingerprint density at radius 2 is 2.17 bits per heavy atom. The van der Waals surface area contributed by atoms with Crippen LogP contribution in [0.25, 0.3) is 0 Å². The number of nitrogens with zero attached hydrogens (tertiary/aromatic N) is 2. The first-order valence-electron chi connectivity index (χ1n) is 6.15. The van der Waals surface area contributed by atoms with Gasteiger partial charge in [-0.1, -0.05) is 29.5 Å². The molecule has 1 aromatic heterocycles. The Bertz CT molecular complexity index is 494. The van der Waals surface area contributed by atoms with Gasteiger partial charge in [-0.25, -0.2) is 0 Å². The fraction of sp³-hybridized carbons (Fsp3) is 0.385. The van der Waals surface area contributed by atoms with Crippen LogP contribution in [0.15, 0.2) is 30.3 Å². The van der Waals surface area contributed by atoms with Crippen molar-refractivity contribution in [1.29, 1.82) is 0 Å². The first kappa shape index (κ1) is 11.6. The largest absolute Gasteiger partial charge is 0.486 e. The van der Waals surface area contributed by atoms with E-state index in [0.717, 1.165) is 28.7 Å². The summed E-state index contributed by atoms with van der Waals surface area (Å²) in [4.78, 5) is 0. The van der Waals surface area contributed by atoms with Crippen molar-refractivity contribution in [3.8, 4) is 5.75 Å². The van der Waals surface area contributed by atoms with Gasteiger partial charge in [0.1, 0.15) is 17.4 Å². The number of aromatic nitrogens is 2. The van der Waals surface area contributed by atoms with Crippen LogP contribution in [0.2, 0.25) is 0 Å². The lowest BCUT2D eigenvalue weighted by Crippen LogP contribution is -2.12. The van der Waals surface area contributed by atoms with Crippen molar-refractivity contribution in [2.24, 2.45) is 0 Å². The van der Waals surface area contributed by atoms with E-state index in [4.69, 9.17) is 4.74 Å². The first-order valence-corrected chi connectivity index (χ1v) is 6.97. The molecule has 0 spiro atoms. The van der Waals surface area contributed by atoms with E-state index < -0.39 is 0 Å². The zero-order valence-electron chi connectivity index (χ0n) is 10.0. The van der Waals surface area contributed by atoms with Gasteiger partial charge in [0.15, 0.2) is 5.01 Å². The zero-order chi connectivity index (χ0) is 12.2. The third-order valence-electron chi connectivity index (χ3n) is 2.95. The molecule has 18 heavy (non-hydrogen) atoms. The summed E-state index contributed by atoms with van der Waals surface area (Å²) < 4.78 is 5.66. The summed E-state index contributed by atoms with van der Waals surface area (Å²) in [5.74, 6) is 0.869. The number of hydrogen-bond acceptors (Lipinski definition) is 5. The summed E-state index contributed by atoms with van der Waals surface area (Å²) in [5, 5.41) is 13.9. The van der Waals surface area contributed by atoms with Crippen LogP contribution in [-0.2, 0) is 6.61 Å². The van der Waals surface area contributed by atoms with Crippen LogP contribution in [0.4, 0.5) is 0 Å². The highest BCUT2D eigenvalue weighted by atomic mass is 32.1. The lowest BCUT2D eigenvalue weighted by atomic mass is 10.2. The topological polar surface area (TPSA) is 47.0 Å². The van der Waals surface area contributed by atoms with Gasteiger partial charge in [0.2, 0.25) is 0 Å². The number of benzene rings is 1. The molecule has 1 aliphatic rings. The molecule has 94 valence electrons. The Hall–Kier alpha value is -1.46. The minimum Gasteiger partial charge on any atom is -0.486 e. The molecule has 0 amide bonds. The van der Waals surface area contributed by atoms with E-state index in [1.807, 2.05) is 30.3 Å². The van der Waals surface area contributed by atoms with Crippen LogP contribution in [0.3, 0.4) is 0 Å². The first-order chi connectivity index (χ1) is 8.92. The third-order valence-corrected chi connectivity index (χ3v) is 3.96. The van der Waals surface area contributed by atoms with Crippen LogP contribution in [0, 0.1) is 0 Å². The molecule has 0 saturated carbocycles. The summed E-state index contributed by atoms with van der Waals surface area (Å²) in [6, 6.07) is 10.2. The van der Waals surface area contributed by atoms with Crippen LogP contribution in [0.5, 0.6) is 5.75 Å². The molecule has 0 radical (unpaired) electrons. The van der Waals surface area contributed by atoms with Crippen LogP contribution in [0.1, 0.15) is 28.9 Å². The van der Waals surface area contributed by atoms with Crippen LogP contribution in [-0.4, -0.2) is 16.7 Å². The van der Waals surface area contributed by atoms with Gasteiger partial charge in [-0.2, -0.15) is 0 Å². The average molecular weight is 261 g/mol. The van der Waals surface area contributed by atoms with E-state index >= 15 is 0 Å². The van der Waals surface area contributed by atoms with Crippen molar-refractivity contribution in [3.05, 3.63) is 40.3 Å². The van der Waals surface area contributed by atoms with Crippen molar-refractivity contribution < 1.29 is 4.74 Å². The molecule has 1 aromatic carbocycles. The van der Waals surface area contributed by atoms with E-state index in [1.54, 1.807) is 11.3 Å². The quantitative estimate of drug-likeness (QED) is 0.918. The molecule has 3 rings (SSSR count). The second-order valence-corrected chi connectivity index (χ2v) is 5.38. The fourth-order valence-electron chi connectivity index (χ4n) is 2.02. The van der Waals surface area contributed by atoms with Crippen molar-refractivity contribution >= 4 is 11.3 Å². The van der Waals surface area contributed by atoms with Crippen LogP contribution >= 0.6 is 11.3 Å². The smallest absolute Gasteiger partial charge is 0.155 e. The Balaban J connectivity index is 1.60. The van der Waals surface area contributed by atoms with Gasteiger partial charge in [-0.15, -0.1) is 10.2 Å². The standard InChI is InChI=1S/C13H15N3OS/c1-2-5-10(6-3-1)17-9-12-15-16-13(18-12)11-7-4-8-14-11/h1-3,5-6,11,14H,4,7-9H2. The maximum Gasteiger partial charge on any atom is 0.155 e. The number of para-hydroxylation sites is 1. The van der Waals surface area contributed by atoms with E-state index in [0.29, 0.717) is 12.6 Å². The molecule has 0 aliphatic carbocycles. The summed E-state index contributed by atoms with van der Waals surface area (Å²) in [6.45, 7) is 1.58. The highest BCUT2D eigenvalue weighted by Crippen LogP contribution is 2.26. The lowest BCUT2D eigenvalue weighted by molar-refractivity contribution is 0.304. The summed E-state index contributed by atoms with van der Waals surface area (Å²) in [5.41, 5.74) is 0. The predicted octanol–water partition coefficient (Wildman–Crippen LogP) is 2.54. The molecular formula is C13H15N3OS. The van der Waals surface area contributed by atoms with Crippen molar-refractivity contribution in [3.63, 3.8) is 0 Å². The minimum absolute atomic E-state index is 0.396. The van der Waals surface area contributed by atoms with Gasteiger partial charge in [-0.05, 0) is 31.5 Å². The fourth-order valence-corrected chi connectivity index (χ4v) is 2.89. The van der Waals surface area contributed by atoms with Gasteiger partial charge >= 0.3 is 0 Å². The highest BCUT2D eigenvalue weighted by Gasteiger charge is 2.20. The van der Waals surface area contributed by atoms with E-state index in [1.165, 1.54) is 6.42 Å². The molecule has 1 aliphatic heterocycles. The van der Waals surface area contributed by atoms with Gasteiger partial charge in [0.05, 0.1) is 6.04 Å². The normalized spacial score (nSPS) is 19.0. The monoisotopic (exact) mass is 261 g/mol. The van der Waals surface area contributed by atoms with E-state index in [-0.39, 0.29) is 0 Å². The maximum absolute atomic E-state index is 5.66. The molecule has 2 aromatic rings. The maximum atomic E-state index is 5.66. The Morgan fingerprint density at radius 3 is 2.94 bits per heavy atom. The van der Waals surface area contributed by atoms with Crippen molar-refractivity contribution in [2.45, 2.75) is 25.5 Å². The Labute approximate surface area is 110 Å². The average Bonchev–Trinajstić information content (AvgIpc) is 3.08. The number of hydrogen-bond donors (Lipinski definition) is 1.